The average Bonchev–Trinajstić information content (AvgIpc) is 3.09. The molecule has 160 valence electrons. The van der Waals surface area contributed by atoms with Crippen LogP contribution in [0.25, 0.3) is 17.0 Å². The Balaban J connectivity index is 1.65. The molecule has 0 spiro atoms. The highest BCUT2D eigenvalue weighted by Crippen LogP contribution is 2.33. The quantitative estimate of drug-likeness (QED) is 0.615. The number of sulfonamides is 1. The summed E-state index contributed by atoms with van der Waals surface area (Å²) in [5.41, 5.74) is 6.17. The second-order valence-electron chi connectivity index (χ2n) is 7.92. The predicted octanol–water partition coefficient (Wildman–Crippen LogP) is 4.47. The first kappa shape index (κ1) is 21.0. The highest BCUT2D eigenvalue weighted by molar-refractivity contribution is 7.89. The van der Waals surface area contributed by atoms with Crippen LogP contribution in [0.3, 0.4) is 0 Å². The minimum atomic E-state index is -3.72. The third kappa shape index (κ3) is 4.60. The largest absolute Gasteiger partial charge is 0.340 e. The van der Waals surface area contributed by atoms with Crippen LogP contribution in [-0.4, -0.2) is 23.2 Å². The molecule has 0 saturated heterocycles. The van der Waals surface area contributed by atoms with E-state index in [1.165, 1.54) is 23.4 Å². The summed E-state index contributed by atoms with van der Waals surface area (Å²) < 4.78 is 24.9. The molecule has 1 unspecified atom stereocenters. The van der Waals surface area contributed by atoms with E-state index in [0.29, 0.717) is 17.4 Å². The lowest BCUT2D eigenvalue weighted by Gasteiger charge is -2.22. The van der Waals surface area contributed by atoms with Gasteiger partial charge < -0.3 is 5.32 Å². The molecule has 0 bridgehead atoms. The van der Waals surface area contributed by atoms with Crippen molar-refractivity contribution in [3.63, 3.8) is 0 Å². The smallest absolute Gasteiger partial charge is 0.238 e. The fraction of sp³-hybridized carbons (Fsp3) is 0.217. The number of nitrogens with one attached hydrogen (secondary N) is 1. The van der Waals surface area contributed by atoms with E-state index < -0.39 is 10.0 Å². The lowest BCUT2D eigenvalue weighted by molar-refractivity contribution is 0.598. The van der Waals surface area contributed by atoms with Gasteiger partial charge in [0.25, 0.3) is 0 Å². The van der Waals surface area contributed by atoms with E-state index in [4.69, 9.17) is 10.2 Å². The van der Waals surface area contributed by atoms with Crippen LogP contribution in [0, 0.1) is 12.8 Å². The van der Waals surface area contributed by atoms with Crippen molar-refractivity contribution in [2.24, 2.45) is 11.1 Å². The van der Waals surface area contributed by atoms with Crippen molar-refractivity contribution in [1.82, 2.24) is 14.8 Å². The zero-order chi connectivity index (χ0) is 22.2. The predicted molar refractivity (Wildman–Crippen MR) is 123 cm³/mol. The van der Waals surface area contributed by atoms with E-state index >= 15 is 0 Å². The number of anilines is 2. The molecule has 0 amide bonds. The van der Waals surface area contributed by atoms with Gasteiger partial charge in [0.2, 0.25) is 10.0 Å². The van der Waals surface area contributed by atoms with Crippen LogP contribution in [0.1, 0.15) is 26.0 Å². The average molecular weight is 436 g/mol. The molecule has 3 N–H and O–H groups in total. The van der Waals surface area contributed by atoms with Crippen molar-refractivity contribution in [3.8, 4) is 11.3 Å². The summed E-state index contributed by atoms with van der Waals surface area (Å²) in [4.78, 5) is 4.47. The highest BCUT2D eigenvalue weighted by atomic mass is 32.2. The Morgan fingerprint density at radius 1 is 1.10 bits per heavy atom. The number of hydrogen-bond acceptors (Lipinski definition) is 5. The first-order valence-corrected chi connectivity index (χ1v) is 11.6. The van der Waals surface area contributed by atoms with Crippen molar-refractivity contribution in [2.75, 3.05) is 5.32 Å². The molecule has 0 aliphatic heterocycles. The molecule has 0 saturated carbocycles. The maximum atomic E-state index is 11.4. The Bertz CT molecular complexity index is 1290. The molecule has 0 radical (unpaired) electrons. The van der Waals surface area contributed by atoms with Crippen LogP contribution in [0.2, 0.25) is 0 Å². The van der Waals surface area contributed by atoms with Crippen molar-refractivity contribution >= 4 is 27.2 Å². The van der Waals surface area contributed by atoms with Crippen molar-refractivity contribution in [1.29, 1.82) is 0 Å². The zero-order valence-electron chi connectivity index (χ0n) is 17.7. The number of benzene rings is 1. The second-order valence-corrected chi connectivity index (χ2v) is 9.48. The molecule has 1 aromatic carbocycles. The van der Waals surface area contributed by atoms with Gasteiger partial charge in [-0.2, -0.15) is 5.10 Å². The van der Waals surface area contributed by atoms with Crippen LogP contribution in [0.4, 0.5) is 11.5 Å². The maximum absolute atomic E-state index is 11.4. The summed E-state index contributed by atoms with van der Waals surface area (Å²) in [5, 5.41) is 13.1. The highest BCUT2D eigenvalue weighted by Gasteiger charge is 2.19. The molecule has 0 fully saturated rings. The molecule has 1 aliphatic rings. The first-order chi connectivity index (χ1) is 14.7. The van der Waals surface area contributed by atoms with Crippen molar-refractivity contribution in [3.05, 3.63) is 72.1 Å². The molecule has 1 aliphatic carbocycles. The van der Waals surface area contributed by atoms with Gasteiger partial charge in [-0.05, 0) is 68.8 Å². The normalized spacial score (nSPS) is 16.6. The molecule has 1 atom stereocenters. The minimum Gasteiger partial charge on any atom is -0.340 e. The molecule has 3 aromatic rings. The third-order valence-electron chi connectivity index (χ3n) is 5.26. The van der Waals surface area contributed by atoms with Crippen LogP contribution in [0.5, 0.6) is 0 Å². The van der Waals surface area contributed by atoms with Gasteiger partial charge in [0.15, 0.2) is 0 Å². The van der Waals surface area contributed by atoms with Gasteiger partial charge >= 0.3 is 0 Å². The summed E-state index contributed by atoms with van der Waals surface area (Å²) in [6.45, 7) is 6.35. The standard InChI is InChI=1S/C23H25N5O2S/c1-15-4-9-21(16(2)12-15)28-22(13-17(3)27-28)18-10-11-25-23(14-18)26-19-5-7-20(8-6-19)31(24,29)30/h4-11,13-14,16H,12H2,1-3H3,(H,25,26)(H2,24,29,30). The van der Waals surface area contributed by atoms with Crippen LogP contribution >= 0.6 is 0 Å². The SMILES string of the molecule is CC1=CC=C(n2nc(C)cc2-c2ccnc(Nc3ccc(S(N)(=O)=O)cc3)c2)C(C)C1. The molecule has 8 heteroatoms. The van der Waals surface area contributed by atoms with E-state index in [0.717, 1.165) is 23.4 Å². The number of allylic oxidation sites excluding steroid dienone is 4. The maximum Gasteiger partial charge on any atom is 0.238 e. The zero-order valence-corrected chi connectivity index (χ0v) is 18.5. The van der Waals surface area contributed by atoms with Gasteiger partial charge in [0.1, 0.15) is 5.82 Å². The number of nitrogens with two attached hydrogens (primary N) is 1. The van der Waals surface area contributed by atoms with Crippen LogP contribution in [0.15, 0.2) is 71.3 Å². The van der Waals surface area contributed by atoms with Crippen molar-refractivity contribution < 1.29 is 8.42 Å². The lowest BCUT2D eigenvalue weighted by atomic mass is 9.93. The molecule has 2 heterocycles. The van der Waals surface area contributed by atoms with Gasteiger partial charge in [-0.25, -0.2) is 23.2 Å². The monoisotopic (exact) mass is 435 g/mol. The summed E-state index contributed by atoms with van der Waals surface area (Å²) in [6.07, 6.45) is 7.06. The van der Waals surface area contributed by atoms with Gasteiger partial charge in [-0.3, -0.25) is 0 Å². The van der Waals surface area contributed by atoms with Gasteiger partial charge in [0.05, 0.1) is 16.3 Å². The summed E-state index contributed by atoms with van der Waals surface area (Å²) in [7, 11) is -3.72. The number of primary sulfonamides is 1. The summed E-state index contributed by atoms with van der Waals surface area (Å²) in [5.74, 6) is 1.02. The number of aryl methyl sites for hydroxylation is 1. The van der Waals surface area contributed by atoms with E-state index in [1.54, 1.807) is 18.3 Å². The van der Waals surface area contributed by atoms with Gasteiger partial charge in [-0.15, -0.1) is 0 Å². The number of aromatic nitrogens is 3. The van der Waals surface area contributed by atoms with Crippen molar-refractivity contribution in [2.45, 2.75) is 32.1 Å². The molecule has 7 nitrogen and oxygen atoms in total. The van der Waals surface area contributed by atoms with Gasteiger partial charge in [0, 0.05) is 29.1 Å². The number of nitrogens with zero attached hydrogens (tertiary/aromatic N) is 3. The topological polar surface area (TPSA) is 103 Å². The Morgan fingerprint density at radius 3 is 2.52 bits per heavy atom. The molecular formula is C23H25N5O2S. The molecular weight excluding hydrogens is 410 g/mol. The van der Waals surface area contributed by atoms with E-state index in [9.17, 15) is 8.42 Å². The Kier molecular flexibility index (Phi) is 5.51. The molecule has 31 heavy (non-hydrogen) atoms. The lowest BCUT2D eigenvalue weighted by Crippen LogP contribution is -2.12. The molecule has 4 rings (SSSR count). The van der Waals surface area contributed by atoms with E-state index in [1.807, 2.05) is 23.7 Å². The van der Waals surface area contributed by atoms with Gasteiger partial charge in [-0.1, -0.05) is 18.6 Å². The Labute approximate surface area is 182 Å². The fourth-order valence-corrected chi connectivity index (χ4v) is 4.28. The van der Waals surface area contributed by atoms with E-state index in [2.05, 4.69) is 42.4 Å². The fourth-order valence-electron chi connectivity index (χ4n) is 3.76. The second kappa shape index (κ2) is 8.13. The van der Waals surface area contributed by atoms with Crippen LogP contribution in [-0.2, 0) is 10.0 Å². The van der Waals surface area contributed by atoms with E-state index in [-0.39, 0.29) is 4.90 Å². The van der Waals surface area contributed by atoms with Crippen LogP contribution < -0.4 is 10.5 Å². The summed E-state index contributed by atoms with van der Waals surface area (Å²) >= 11 is 0. The molecule has 2 aromatic heterocycles. The third-order valence-corrected chi connectivity index (χ3v) is 6.19. The Hall–Kier alpha value is -3.23. The summed E-state index contributed by atoms with van der Waals surface area (Å²) in [6, 6.07) is 12.2. The number of rotatable bonds is 5. The Morgan fingerprint density at radius 2 is 1.84 bits per heavy atom. The number of hydrogen-bond donors (Lipinski definition) is 2. The first-order valence-electron chi connectivity index (χ1n) is 10.0. The number of pyridine rings is 1. The minimum absolute atomic E-state index is 0.0679.